The zero-order chi connectivity index (χ0) is 10.9. The summed E-state index contributed by atoms with van der Waals surface area (Å²) in [5.41, 5.74) is 1.33. The van der Waals surface area contributed by atoms with Crippen LogP contribution in [-0.2, 0) is 10.5 Å². The van der Waals surface area contributed by atoms with Crippen LogP contribution in [0.4, 0.5) is 0 Å². The first-order valence-electron chi connectivity index (χ1n) is 4.96. The standard InChI is InChI=1S/C12H15NOS/c1-11(9-13)14-7-8-15-10-12-5-3-2-4-6-12/h2-6,11H,7-8,10H2,1H3/t11-/m0/s1. The second-order valence-corrected chi connectivity index (χ2v) is 4.29. The molecular formula is C12H15NOS. The number of hydrogen-bond acceptors (Lipinski definition) is 3. The van der Waals surface area contributed by atoms with Crippen LogP contribution in [0.5, 0.6) is 0 Å². The van der Waals surface area contributed by atoms with Crippen LogP contribution in [0.2, 0.25) is 0 Å². The van der Waals surface area contributed by atoms with Gasteiger partial charge in [0.2, 0.25) is 0 Å². The van der Waals surface area contributed by atoms with Gasteiger partial charge in [0.1, 0.15) is 6.10 Å². The summed E-state index contributed by atoms with van der Waals surface area (Å²) in [6, 6.07) is 12.4. The minimum absolute atomic E-state index is 0.290. The molecule has 0 N–H and O–H groups in total. The number of benzene rings is 1. The van der Waals surface area contributed by atoms with Gasteiger partial charge in [-0.25, -0.2) is 0 Å². The fourth-order valence-electron chi connectivity index (χ4n) is 1.09. The third-order valence-corrected chi connectivity index (χ3v) is 2.88. The average Bonchev–Trinajstić information content (AvgIpc) is 2.29. The van der Waals surface area contributed by atoms with Crippen molar-refractivity contribution in [1.29, 1.82) is 5.26 Å². The molecule has 1 atom stereocenters. The predicted molar refractivity (Wildman–Crippen MR) is 63.6 cm³/mol. The van der Waals surface area contributed by atoms with Crippen LogP contribution in [0.3, 0.4) is 0 Å². The van der Waals surface area contributed by atoms with E-state index in [1.807, 2.05) is 36.0 Å². The Kier molecular flexibility index (Phi) is 5.91. The lowest BCUT2D eigenvalue weighted by atomic mass is 10.2. The second kappa shape index (κ2) is 7.33. The highest BCUT2D eigenvalue weighted by molar-refractivity contribution is 7.98. The summed E-state index contributed by atoms with van der Waals surface area (Å²) < 4.78 is 5.25. The van der Waals surface area contributed by atoms with E-state index in [0.29, 0.717) is 6.61 Å². The van der Waals surface area contributed by atoms with E-state index in [-0.39, 0.29) is 6.10 Å². The molecule has 1 aromatic rings. The maximum Gasteiger partial charge on any atom is 0.141 e. The summed E-state index contributed by atoms with van der Waals surface area (Å²) in [4.78, 5) is 0. The number of thioether (sulfide) groups is 1. The first-order chi connectivity index (χ1) is 7.33. The molecule has 0 bridgehead atoms. The Morgan fingerprint density at radius 3 is 2.80 bits per heavy atom. The third kappa shape index (κ3) is 5.46. The molecule has 0 amide bonds. The van der Waals surface area contributed by atoms with Gasteiger partial charge >= 0.3 is 0 Å². The van der Waals surface area contributed by atoms with E-state index >= 15 is 0 Å². The summed E-state index contributed by atoms with van der Waals surface area (Å²) in [6.07, 6.45) is -0.290. The highest BCUT2D eigenvalue weighted by Crippen LogP contribution is 2.11. The quantitative estimate of drug-likeness (QED) is 0.692. The van der Waals surface area contributed by atoms with Gasteiger partial charge in [0.25, 0.3) is 0 Å². The molecule has 1 aromatic carbocycles. The Morgan fingerprint density at radius 2 is 2.13 bits per heavy atom. The molecule has 0 unspecified atom stereocenters. The van der Waals surface area contributed by atoms with Crippen molar-refractivity contribution >= 4 is 11.8 Å². The monoisotopic (exact) mass is 221 g/mol. The molecule has 0 saturated heterocycles. The fourth-order valence-corrected chi connectivity index (χ4v) is 1.87. The first-order valence-corrected chi connectivity index (χ1v) is 6.11. The molecular weight excluding hydrogens is 206 g/mol. The zero-order valence-corrected chi connectivity index (χ0v) is 9.67. The van der Waals surface area contributed by atoms with E-state index in [1.165, 1.54) is 5.56 Å². The van der Waals surface area contributed by atoms with Crippen LogP contribution in [-0.4, -0.2) is 18.5 Å². The van der Waals surface area contributed by atoms with E-state index in [2.05, 4.69) is 12.1 Å². The van der Waals surface area contributed by atoms with Crippen LogP contribution in [0.15, 0.2) is 30.3 Å². The minimum Gasteiger partial charge on any atom is -0.363 e. The molecule has 3 heteroatoms. The van der Waals surface area contributed by atoms with E-state index in [9.17, 15) is 0 Å². The van der Waals surface area contributed by atoms with Gasteiger partial charge in [0.05, 0.1) is 12.7 Å². The van der Waals surface area contributed by atoms with Crippen molar-refractivity contribution in [2.75, 3.05) is 12.4 Å². The molecule has 0 spiro atoms. The molecule has 0 saturated carbocycles. The van der Waals surface area contributed by atoms with Gasteiger partial charge in [-0.1, -0.05) is 30.3 Å². The van der Waals surface area contributed by atoms with Gasteiger partial charge in [0.15, 0.2) is 0 Å². The number of rotatable bonds is 6. The Morgan fingerprint density at radius 1 is 1.40 bits per heavy atom. The smallest absolute Gasteiger partial charge is 0.141 e. The van der Waals surface area contributed by atoms with Crippen LogP contribution in [0, 0.1) is 11.3 Å². The molecule has 0 aliphatic carbocycles. The van der Waals surface area contributed by atoms with Gasteiger partial charge < -0.3 is 4.74 Å². The Balaban J connectivity index is 2.06. The lowest BCUT2D eigenvalue weighted by Crippen LogP contribution is -2.07. The summed E-state index contributed by atoms with van der Waals surface area (Å²) >= 11 is 1.82. The SMILES string of the molecule is C[C@@H](C#N)OCCSCc1ccccc1. The number of ether oxygens (including phenoxy) is 1. The zero-order valence-electron chi connectivity index (χ0n) is 8.85. The topological polar surface area (TPSA) is 33.0 Å². The van der Waals surface area contributed by atoms with E-state index in [1.54, 1.807) is 6.92 Å². The molecule has 15 heavy (non-hydrogen) atoms. The molecule has 1 rings (SSSR count). The van der Waals surface area contributed by atoms with Crippen molar-refractivity contribution in [2.24, 2.45) is 0 Å². The van der Waals surface area contributed by atoms with Crippen molar-refractivity contribution < 1.29 is 4.74 Å². The summed E-state index contributed by atoms with van der Waals surface area (Å²) in [7, 11) is 0. The van der Waals surface area contributed by atoms with Crippen molar-refractivity contribution in [3.8, 4) is 6.07 Å². The fraction of sp³-hybridized carbons (Fsp3) is 0.417. The van der Waals surface area contributed by atoms with Crippen LogP contribution < -0.4 is 0 Å². The Bertz CT molecular complexity index is 307. The number of nitrogens with zero attached hydrogens (tertiary/aromatic N) is 1. The molecule has 0 aromatic heterocycles. The third-order valence-electron chi connectivity index (χ3n) is 1.89. The molecule has 0 heterocycles. The van der Waals surface area contributed by atoms with Crippen molar-refractivity contribution in [3.05, 3.63) is 35.9 Å². The van der Waals surface area contributed by atoms with Crippen molar-refractivity contribution in [2.45, 2.75) is 18.8 Å². The summed E-state index contributed by atoms with van der Waals surface area (Å²) in [6.45, 7) is 2.41. The second-order valence-electron chi connectivity index (χ2n) is 3.18. The Hall–Kier alpha value is -0.980. The Labute approximate surface area is 95.3 Å². The van der Waals surface area contributed by atoms with Gasteiger partial charge in [0, 0.05) is 11.5 Å². The lowest BCUT2D eigenvalue weighted by molar-refractivity contribution is 0.117. The van der Waals surface area contributed by atoms with E-state index in [4.69, 9.17) is 10.00 Å². The maximum atomic E-state index is 8.49. The normalized spacial score (nSPS) is 12.0. The van der Waals surface area contributed by atoms with E-state index in [0.717, 1.165) is 11.5 Å². The maximum absolute atomic E-state index is 8.49. The first kappa shape index (κ1) is 12.1. The molecule has 80 valence electrons. The largest absolute Gasteiger partial charge is 0.363 e. The van der Waals surface area contributed by atoms with Crippen molar-refractivity contribution in [1.82, 2.24) is 0 Å². The van der Waals surface area contributed by atoms with Gasteiger partial charge in [-0.3, -0.25) is 0 Å². The average molecular weight is 221 g/mol. The molecule has 0 radical (unpaired) electrons. The summed E-state index contributed by atoms with van der Waals surface area (Å²) in [5.74, 6) is 1.94. The molecule has 0 aliphatic heterocycles. The van der Waals surface area contributed by atoms with Gasteiger partial charge in [-0.15, -0.1) is 0 Å². The number of hydrogen-bond donors (Lipinski definition) is 0. The van der Waals surface area contributed by atoms with E-state index < -0.39 is 0 Å². The highest BCUT2D eigenvalue weighted by atomic mass is 32.2. The van der Waals surface area contributed by atoms with Crippen LogP contribution in [0.1, 0.15) is 12.5 Å². The highest BCUT2D eigenvalue weighted by Gasteiger charge is 1.98. The predicted octanol–water partition coefficient (Wildman–Crippen LogP) is 2.85. The summed E-state index contributed by atoms with van der Waals surface area (Å²) in [5, 5.41) is 8.49. The van der Waals surface area contributed by atoms with Gasteiger partial charge in [-0.05, 0) is 12.5 Å². The molecule has 0 fully saturated rings. The van der Waals surface area contributed by atoms with Crippen molar-refractivity contribution in [3.63, 3.8) is 0 Å². The minimum atomic E-state index is -0.290. The number of nitriles is 1. The molecule has 0 aliphatic rings. The molecule has 2 nitrogen and oxygen atoms in total. The lowest BCUT2D eigenvalue weighted by Gasteiger charge is -2.05. The van der Waals surface area contributed by atoms with Crippen LogP contribution in [0.25, 0.3) is 0 Å². The van der Waals surface area contributed by atoms with Gasteiger partial charge in [-0.2, -0.15) is 17.0 Å². The van der Waals surface area contributed by atoms with Crippen LogP contribution >= 0.6 is 11.8 Å².